The van der Waals surface area contributed by atoms with Crippen molar-refractivity contribution in [1.82, 2.24) is 0 Å². The zero-order chi connectivity index (χ0) is 15.6. The van der Waals surface area contributed by atoms with Gasteiger partial charge in [0.05, 0.1) is 4.90 Å². The third kappa shape index (κ3) is 3.64. The van der Waals surface area contributed by atoms with Gasteiger partial charge in [-0.2, -0.15) is 0 Å². The molecule has 21 heavy (non-hydrogen) atoms. The van der Waals surface area contributed by atoms with Crippen LogP contribution in [0.15, 0.2) is 45.8 Å². The Kier molecular flexibility index (Phi) is 4.70. The van der Waals surface area contributed by atoms with E-state index in [4.69, 9.17) is 9.88 Å². The monoisotopic (exact) mass is 369 g/mol. The molecule has 0 atom stereocenters. The van der Waals surface area contributed by atoms with Crippen LogP contribution in [-0.2, 0) is 16.6 Å². The summed E-state index contributed by atoms with van der Waals surface area (Å²) in [7, 11) is -3.71. The number of nitrogens with two attached hydrogens (primary N) is 1. The van der Waals surface area contributed by atoms with E-state index in [1.165, 1.54) is 6.07 Å². The summed E-state index contributed by atoms with van der Waals surface area (Å²) >= 11 is 3.46. The second-order valence-corrected chi connectivity index (χ2v) is 7.12. The lowest BCUT2D eigenvalue weighted by atomic mass is 10.1. The van der Waals surface area contributed by atoms with Crippen molar-refractivity contribution in [2.45, 2.75) is 25.3 Å². The molecule has 0 aliphatic rings. The summed E-state index contributed by atoms with van der Waals surface area (Å²) in [6.45, 7) is 3.94. The fourth-order valence-corrected chi connectivity index (χ4v) is 3.24. The predicted molar refractivity (Wildman–Crippen MR) is 85.8 cm³/mol. The number of halogens is 1. The number of ether oxygens (including phenoxy) is 1. The van der Waals surface area contributed by atoms with Crippen LogP contribution < -0.4 is 9.88 Å². The molecule has 0 amide bonds. The first-order chi connectivity index (χ1) is 9.80. The number of primary sulfonamides is 1. The van der Waals surface area contributed by atoms with Crippen LogP contribution in [0.1, 0.15) is 16.7 Å². The standard InChI is InChI=1S/C15H16BrNO3S/c1-10-11(2)15(21(17,18)19)8-7-14(10)20-9-12-5-3-4-6-13(12)16/h3-8H,9H2,1-2H3,(H2,17,18,19). The number of hydrogen-bond donors (Lipinski definition) is 1. The van der Waals surface area contributed by atoms with Crippen LogP contribution in [0.4, 0.5) is 0 Å². The Hall–Kier alpha value is -1.37. The third-order valence-corrected chi connectivity index (χ3v) is 5.16. The minimum atomic E-state index is -3.71. The molecule has 112 valence electrons. The fraction of sp³-hybridized carbons (Fsp3) is 0.200. The van der Waals surface area contributed by atoms with Crippen molar-refractivity contribution < 1.29 is 13.2 Å². The third-order valence-electron chi connectivity index (χ3n) is 3.34. The Balaban J connectivity index is 2.27. The van der Waals surface area contributed by atoms with E-state index in [0.29, 0.717) is 17.9 Å². The smallest absolute Gasteiger partial charge is 0.238 e. The maximum atomic E-state index is 11.5. The van der Waals surface area contributed by atoms with Crippen molar-refractivity contribution in [3.05, 3.63) is 57.6 Å². The molecular weight excluding hydrogens is 354 g/mol. The lowest BCUT2D eigenvalue weighted by Crippen LogP contribution is -2.14. The van der Waals surface area contributed by atoms with E-state index in [9.17, 15) is 8.42 Å². The zero-order valence-electron chi connectivity index (χ0n) is 11.8. The quantitative estimate of drug-likeness (QED) is 0.898. The molecule has 2 N–H and O–H groups in total. The number of benzene rings is 2. The Morgan fingerprint density at radius 1 is 1.10 bits per heavy atom. The predicted octanol–water partition coefficient (Wildman–Crippen LogP) is 3.29. The minimum Gasteiger partial charge on any atom is -0.489 e. The molecule has 2 rings (SSSR count). The molecular formula is C15H16BrNO3S. The number of hydrogen-bond acceptors (Lipinski definition) is 3. The van der Waals surface area contributed by atoms with Crippen molar-refractivity contribution in [1.29, 1.82) is 0 Å². The molecule has 0 aromatic heterocycles. The molecule has 0 fully saturated rings. The first-order valence-electron chi connectivity index (χ1n) is 6.30. The molecule has 6 heteroatoms. The molecule has 0 bridgehead atoms. The van der Waals surface area contributed by atoms with Gasteiger partial charge >= 0.3 is 0 Å². The zero-order valence-corrected chi connectivity index (χ0v) is 14.2. The van der Waals surface area contributed by atoms with Gasteiger partial charge in [0.2, 0.25) is 10.0 Å². The van der Waals surface area contributed by atoms with Crippen LogP contribution in [0.25, 0.3) is 0 Å². The highest BCUT2D eigenvalue weighted by Crippen LogP contribution is 2.27. The normalized spacial score (nSPS) is 11.4. The van der Waals surface area contributed by atoms with E-state index in [1.54, 1.807) is 13.0 Å². The molecule has 2 aromatic rings. The van der Waals surface area contributed by atoms with Gasteiger partial charge in [-0.15, -0.1) is 0 Å². The van der Waals surface area contributed by atoms with Gasteiger partial charge in [0, 0.05) is 10.0 Å². The Bertz CT molecular complexity index is 772. The van der Waals surface area contributed by atoms with Gasteiger partial charge in [-0.05, 0) is 43.2 Å². The molecule has 0 spiro atoms. The van der Waals surface area contributed by atoms with Crippen LogP contribution in [0, 0.1) is 13.8 Å². The fourth-order valence-electron chi connectivity index (χ4n) is 2.01. The van der Waals surface area contributed by atoms with Crippen LogP contribution >= 0.6 is 15.9 Å². The molecule has 0 radical (unpaired) electrons. The molecule has 0 unspecified atom stereocenters. The average Bonchev–Trinajstić information content (AvgIpc) is 2.40. The van der Waals surface area contributed by atoms with Crippen LogP contribution in [0.3, 0.4) is 0 Å². The highest BCUT2D eigenvalue weighted by atomic mass is 79.9. The van der Waals surface area contributed by atoms with Gasteiger partial charge < -0.3 is 4.74 Å². The van der Waals surface area contributed by atoms with Gasteiger partial charge in [-0.3, -0.25) is 0 Å². The summed E-state index contributed by atoms with van der Waals surface area (Å²) in [5, 5.41) is 5.19. The number of rotatable bonds is 4. The SMILES string of the molecule is Cc1c(OCc2ccccc2Br)ccc(S(N)(=O)=O)c1C. The van der Waals surface area contributed by atoms with Gasteiger partial charge in [-0.25, -0.2) is 13.6 Å². The number of sulfonamides is 1. The molecule has 0 aliphatic heterocycles. The minimum absolute atomic E-state index is 0.133. The molecule has 4 nitrogen and oxygen atoms in total. The van der Waals surface area contributed by atoms with Crippen LogP contribution in [0.5, 0.6) is 5.75 Å². The largest absolute Gasteiger partial charge is 0.489 e. The van der Waals surface area contributed by atoms with Crippen molar-refractivity contribution in [2.24, 2.45) is 5.14 Å². The first-order valence-corrected chi connectivity index (χ1v) is 8.64. The highest BCUT2D eigenvalue weighted by Gasteiger charge is 2.15. The van der Waals surface area contributed by atoms with E-state index in [-0.39, 0.29) is 4.90 Å². The Morgan fingerprint density at radius 2 is 1.76 bits per heavy atom. The van der Waals surface area contributed by atoms with E-state index >= 15 is 0 Å². The summed E-state index contributed by atoms with van der Waals surface area (Å²) < 4.78 is 29.7. The molecule has 2 aromatic carbocycles. The van der Waals surface area contributed by atoms with E-state index in [1.807, 2.05) is 31.2 Å². The second kappa shape index (κ2) is 6.17. The van der Waals surface area contributed by atoms with Crippen molar-refractivity contribution >= 4 is 26.0 Å². The second-order valence-electron chi connectivity index (χ2n) is 4.74. The van der Waals surface area contributed by atoms with E-state index in [0.717, 1.165) is 15.6 Å². The molecule has 0 saturated carbocycles. The molecule has 0 heterocycles. The first kappa shape index (κ1) is 16.0. The summed E-state index contributed by atoms with van der Waals surface area (Å²) in [5.74, 6) is 0.649. The van der Waals surface area contributed by atoms with E-state index < -0.39 is 10.0 Å². The molecule has 0 saturated heterocycles. The van der Waals surface area contributed by atoms with Gasteiger partial charge in [0.15, 0.2) is 0 Å². The highest BCUT2D eigenvalue weighted by molar-refractivity contribution is 9.10. The summed E-state index contributed by atoms with van der Waals surface area (Å²) in [5.41, 5.74) is 2.40. The summed E-state index contributed by atoms with van der Waals surface area (Å²) in [6, 6.07) is 10.9. The van der Waals surface area contributed by atoms with E-state index in [2.05, 4.69) is 15.9 Å². The van der Waals surface area contributed by atoms with Crippen LogP contribution in [-0.4, -0.2) is 8.42 Å². The summed E-state index contributed by atoms with van der Waals surface area (Å²) in [4.78, 5) is 0.133. The van der Waals surface area contributed by atoms with Gasteiger partial charge in [-0.1, -0.05) is 34.1 Å². The topological polar surface area (TPSA) is 69.4 Å². The van der Waals surface area contributed by atoms with Crippen molar-refractivity contribution in [3.8, 4) is 5.75 Å². The van der Waals surface area contributed by atoms with Crippen molar-refractivity contribution in [3.63, 3.8) is 0 Å². The van der Waals surface area contributed by atoms with Crippen molar-refractivity contribution in [2.75, 3.05) is 0 Å². The summed E-state index contributed by atoms with van der Waals surface area (Å²) in [6.07, 6.45) is 0. The molecule has 0 aliphatic carbocycles. The Labute approximate surface area is 133 Å². The lowest BCUT2D eigenvalue weighted by Gasteiger charge is -2.14. The van der Waals surface area contributed by atoms with Gasteiger partial charge in [0.25, 0.3) is 0 Å². The average molecular weight is 370 g/mol. The van der Waals surface area contributed by atoms with Gasteiger partial charge in [0.1, 0.15) is 12.4 Å². The Morgan fingerprint density at radius 3 is 2.38 bits per heavy atom. The maximum absolute atomic E-state index is 11.5. The lowest BCUT2D eigenvalue weighted by molar-refractivity contribution is 0.303. The van der Waals surface area contributed by atoms with Crippen LogP contribution in [0.2, 0.25) is 0 Å². The maximum Gasteiger partial charge on any atom is 0.238 e.